The number of carbonyl (C=O) groups is 4. The molecule has 2 heterocycles. The second kappa shape index (κ2) is 11.6. The number of carboxylic acid groups (broad SMARTS) is 1. The molecule has 0 radical (unpaired) electrons. The van der Waals surface area contributed by atoms with Crippen molar-refractivity contribution in [2.75, 3.05) is 13.2 Å². The lowest BCUT2D eigenvalue weighted by Crippen LogP contribution is -2.58. The first-order valence-corrected chi connectivity index (χ1v) is 10.7. The van der Waals surface area contributed by atoms with Gasteiger partial charge in [-0.2, -0.15) is 0 Å². The minimum Gasteiger partial charge on any atom is -0.480 e. The summed E-state index contributed by atoms with van der Waals surface area (Å²) in [5, 5.41) is 23.2. The number of nitrogens with one attached hydrogen (secondary N) is 3. The molecule has 1 aliphatic rings. The number of aliphatic hydroxyl groups is 1. The highest BCUT2D eigenvalue weighted by atomic mass is 16.4. The van der Waals surface area contributed by atoms with Gasteiger partial charge in [0.25, 0.3) is 0 Å². The molecule has 2 rings (SSSR count). The monoisotopic (exact) mass is 452 g/mol. The molecule has 12 heteroatoms. The Kier molecular flexibility index (Phi) is 9.14. The number of aliphatic carboxylic acids is 1. The van der Waals surface area contributed by atoms with E-state index in [1.807, 2.05) is 6.92 Å². The van der Waals surface area contributed by atoms with E-state index in [9.17, 15) is 24.3 Å². The van der Waals surface area contributed by atoms with Crippen molar-refractivity contribution in [1.29, 1.82) is 0 Å². The lowest BCUT2D eigenvalue weighted by Gasteiger charge is -2.30. The summed E-state index contributed by atoms with van der Waals surface area (Å²) < 4.78 is 0. The van der Waals surface area contributed by atoms with Gasteiger partial charge >= 0.3 is 5.97 Å². The van der Waals surface area contributed by atoms with E-state index in [2.05, 4.69) is 20.6 Å². The molecule has 1 fully saturated rings. The summed E-state index contributed by atoms with van der Waals surface area (Å²) in [5.41, 5.74) is 6.76. The number of nitrogens with zero attached hydrogens (tertiary/aromatic N) is 2. The summed E-state index contributed by atoms with van der Waals surface area (Å²) in [6.07, 6.45) is 4.90. The van der Waals surface area contributed by atoms with Crippen molar-refractivity contribution >= 4 is 23.7 Å². The lowest BCUT2D eigenvalue weighted by atomic mass is 9.97. The maximum absolute atomic E-state index is 13.0. The molecule has 0 aliphatic carbocycles. The fourth-order valence-electron chi connectivity index (χ4n) is 3.63. The van der Waals surface area contributed by atoms with Gasteiger partial charge in [-0.1, -0.05) is 20.3 Å². The van der Waals surface area contributed by atoms with Crippen LogP contribution in [-0.4, -0.2) is 86.1 Å². The van der Waals surface area contributed by atoms with Crippen LogP contribution in [0.3, 0.4) is 0 Å². The Morgan fingerprint density at radius 3 is 2.62 bits per heavy atom. The molecule has 0 spiro atoms. The second-order valence-electron chi connectivity index (χ2n) is 8.03. The number of H-pyrrole nitrogens is 1. The molecule has 32 heavy (non-hydrogen) atoms. The number of imidazole rings is 1. The number of amides is 3. The fourth-order valence-corrected chi connectivity index (χ4v) is 3.63. The van der Waals surface area contributed by atoms with Gasteiger partial charge in [0.05, 0.1) is 19.0 Å². The summed E-state index contributed by atoms with van der Waals surface area (Å²) >= 11 is 0. The number of carbonyl (C=O) groups excluding carboxylic acids is 3. The van der Waals surface area contributed by atoms with Crippen LogP contribution in [-0.2, 0) is 25.6 Å². The molecule has 1 aliphatic heterocycles. The first-order valence-electron chi connectivity index (χ1n) is 10.7. The van der Waals surface area contributed by atoms with Crippen molar-refractivity contribution in [3.8, 4) is 0 Å². The SMILES string of the molecule is CCC(C)C(NC(=O)C1CCCN1C(=O)C(N)Cc1cnc[nH]1)C(=O)NC(CO)C(=O)O. The van der Waals surface area contributed by atoms with Crippen LogP contribution in [0, 0.1) is 5.92 Å². The van der Waals surface area contributed by atoms with Gasteiger partial charge in [0.15, 0.2) is 0 Å². The number of likely N-dealkylation sites (tertiary alicyclic amines) is 1. The Bertz CT molecular complexity index is 801. The van der Waals surface area contributed by atoms with Crippen LogP contribution in [0.4, 0.5) is 0 Å². The number of aromatic nitrogens is 2. The van der Waals surface area contributed by atoms with Crippen LogP contribution in [0.2, 0.25) is 0 Å². The average Bonchev–Trinajstić information content (AvgIpc) is 3.46. The third kappa shape index (κ3) is 6.26. The third-order valence-corrected chi connectivity index (χ3v) is 5.74. The molecule has 1 aromatic heterocycles. The largest absolute Gasteiger partial charge is 0.480 e. The highest BCUT2D eigenvalue weighted by Crippen LogP contribution is 2.20. The number of carboxylic acids is 1. The first-order chi connectivity index (χ1) is 15.2. The summed E-state index contributed by atoms with van der Waals surface area (Å²) in [6, 6.07) is -4.12. The van der Waals surface area contributed by atoms with E-state index in [0.29, 0.717) is 31.5 Å². The van der Waals surface area contributed by atoms with E-state index >= 15 is 0 Å². The van der Waals surface area contributed by atoms with Crippen molar-refractivity contribution in [1.82, 2.24) is 25.5 Å². The normalized spacial score (nSPS) is 19.6. The van der Waals surface area contributed by atoms with E-state index in [0.717, 1.165) is 0 Å². The number of nitrogens with two attached hydrogens (primary N) is 1. The molecule has 3 amide bonds. The molecule has 5 unspecified atom stereocenters. The third-order valence-electron chi connectivity index (χ3n) is 5.74. The number of hydrogen-bond acceptors (Lipinski definition) is 7. The molecule has 0 bridgehead atoms. The van der Waals surface area contributed by atoms with Crippen LogP contribution < -0.4 is 16.4 Å². The van der Waals surface area contributed by atoms with Gasteiger partial charge in [-0.25, -0.2) is 9.78 Å². The summed E-state index contributed by atoms with van der Waals surface area (Å²) in [4.78, 5) is 57.9. The van der Waals surface area contributed by atoms with Crippen LogP contribution >= 0.6 is 0 Å². The molecular formula is C20H32N6O6. The molecule has 0 aromatic carbocycles. The predicted molar refractivity (Wildman–Crippen MR) is 113 cm³/mol. The van der Waals surface area contributed by atoms with Gasteiger partial charge in [0.2, 0.25) is 17.7 Å². The fraction of sp³-hybridized carbons (Fsp3) is 0.650. The van der Waals surface area contributed by atoms with Gasteiger partial charge in [-0.3, -0.25) is 14.4 Å². The Morgan fingerprint density at radius 1 is 1.34 bits per heavy atom. The molecule has 1 saturated heterocycles. The van der Waals surface area contributed by atoms with Gasteiger partial charge in [-0.05, 0) is 18.8 Å². The standard InChI is InChI=1S/C20H32N6O6/c1-3-11(2)16(18(29)24-14(9-27)20(31)32)25-17(28)15-5-4-6-26(15)19(30)13(21)7-12-8-22-10-23-12/h8,10-11,13-16,27H,3-7,9,21H2,1-2H3,(H,22,23)(H,24,29)(H,25,28)(H,31,32). The molecule has 178 valence electrons. The smallest absolute Gasteiger partial charge is 0.328 e. The molecule has 5 atom stereocenters. The average molecular weight is 453 g/mol. The van der Waals surface area contributed by atoms with Crippen LogP contribution in [0.15, 0.2) is 12.5 Å². The van der Waals surface area contributed by atoms with E-state index in [1.165, 1.54) is 11.2 Å². The highest BCUT2D eigenvalue weighted by molar-refractivity contribution is 5.94. The summed E-state index contributed by atoms with van der Waals surface area (Å²) in [5.74, 6) is -3.26. The molecule has 1 aromatic rings. The van der Waals surface area contributed by atoms with Crippen LogP contribution in [0.5, 0.6) is 0 Å². The van der Waals surface area contributed by atoms with Crippen molar-refractivity contribution < 1.29 is 29.4 Å². The van der Waals surface area contributed by atoms with Gasteiger partial charge < -0.3 is 36.5 Å². The summed E-state index contributed by atoms with van der Waals surface area (Å²) in [6.45, 7) is 3.18. The van der Waals surface area contributed by atoms with E-state index < -0.39 is 48.6 Å². The van der Waals surface area contributed by atoms with E-state index in [4.69, 9.17) is 10.8 Å². The zero-order chi connectivity index (χ0) is 23.8. The molecular weight excluding hydrogens is 420 g/mol. The van der Waals surface area contributed by atoms with Gasteiger partial charge in [-0.15, -0.1) is 0 Å². The second-order valence-corrected chi connectivity index (χ2v) is 8.03. The topological polar surface area (TPSA) is 191 Å². The van der Waals surface area contributed by atoms with Crippen molar-refractivity contribution in [3.05, 3.63) is 18.2 Å². The van der Waals surface area contributed by atoms with Crippen molar-refractivity contribution in [2.45, 2.75) is 63.7 Å². The predicted octanol–water partition coefficient (Wildman–Crippen LogP) is -1.64. The molecule has 0 saturated carbocycles. The van der Waals surface area contributed by atoms with Gasteiger partial charge in [0, 0.05) is 24.9 Å². The quantitative estimate of drug-likeness (QED) is 0.230. The van der Waals surface area contributed by atoms with Crippen molar-refractivity contribution in [2.24, 2.45) is 11.7 Å². The van der Waals surface area contributed by atoms with Crippen LogP contribution in [0.1, 0.15) is 38.8 Å². The Labute approximate surface area is 185 Å². The van der Waals surface area contributed by atoms with Gasteiger partial charge in [0.1, 0.15) is 18.1 Å². The minimum absolute atomic E-state index is 0.249. The van der Waals surface area contributed by atoms with E-state index in [-0.39, 0.29) is 18.2 Å². The van der Waals surface area contributed by atoms with Crippen LogP contribution in [0.25, 0.3) is 0 Å². The van der Waals surface area contributed by atoms with Crippen molar-refractivity contribution in [3.63, 3.8) is 0 Å². The minimum atomic E-state index is -1.48. The lowest BCUT2D eigenvalue weighted by molar-refractivity contribution is -0.144. The Morgan fingerprint density at radius 2 is 2.06 bits per heavy atom. The number of rotatable bonds is 11. The molecule has 12 nitrogen and oxygen atoms in total. The maximum atomic E-state index is 13.0. The first kappa shape index (κ1) is 25.3. The van der Waals surface area contributed by atoms with E-state index in [1.54, 1.807) is 13.1 Å². The Balaban J connectivity index is 2.07. The molecule has 7 N–H and O–H groups in total. The number of hydrogen-bond donors (Lipinski definition) is 6. The maximum Gasteiger partial charge on any atom is 0.328 e. The number of aromatic amines is 1. The number of aliphatic hydroxyl groups excluding tert-OH is 1. The zero-order valence-corrected chi connectivity index (χ0v) is 18.3. The Hall–Kier alpha value is -2.99. The zero-order valence-electron chi connectivity index (χ0n) is 18.3. The highest BCUT2D eigenvalue weighted by Gasteiger charge is 2.38. The summed E-state index contributed by atoms with van der Waals surface area (Å²) in [7, 11) is 0.